The summed E-state index contributed by atoms with van der Waals surface area (Å²) in [4.78, 5) is 35.8. The molecule has 0 rings (SSSR count). The number of carbonyl (C=O) groups excluding carboxylic acids is 3. The molecule has 0 aromatic rings. The second-order valence-corrected chi connectivity index (χ2v) is 6.54. The van der Waals surface area contributed by atoms with E-state index in [2.05, 4.69) is 15.4 Å². The number of carbonyl (C=O) groups is 3. The molecule has 0 bridgehead atoms. The Morgan fingerprint density at radius 1 is 0.966 bits per heavy atom. The molecule has 0 radical (unpaired) electrons. The summed E-state index contributed by atoms with van der Waals surface area (Å²) in [5.41, 5.74) is 0. The maximum atomic E-state index is 12.8. The van der Waals surface area contributed by atoms with Gasteiger partial charge in [-0.1, -0.05) is 33.6 Å². The van der Waals surface area contributed by atoms with E-state index in [9.17, 15) is 36.3 Å². The molecular weight excluding hydrogens is 407 g/mol. The van der Waals surface area contributed by atoms with E-state index in [0.717, 1.165) is 13.3 Å². The Balaban J connectivity index is 4.85. The number of hydrogen-bond donors (Lipinski definition) is 2. The van der Waals surface area contributed by atoms with Crippen molar-refractivity contribution in [2.75, 3.05) is 13.2 Å². The van der Waals surface area contributed by atoms with Crippen molar-refractivity contribution in [1.82, 2.24) is 10.6 Å². The molecule has 0 aliphatic rings. The molecule has 0 saturated heterocycles. The summed E-state index contributed by atoms with van der Waals surface area (Å²) in [6, 6.07) is -2.63. The van der Waals surface area contributed by atoms with Gasteiger partial charge < -0.3 is 20.1 Å². The summed E-state index contributed by atoms with van der Waals surface area (Å²) in [7, 11) is 0. The third-order valence-electron chi connectivity index (χ3n) is 4.02. The quantitative estimate of drug-likeness (QED) is 0.296. The number of amides is 2. The van der Waals surface area contributed by atoms with E-state index < -0.39 is 48.8 Å². The van der Waals surface area contributed by atoms with Crippen molar-refractivity contribution in [3.63, 3.8) is 0 Å². The molecule has 2 N–H and O–H groups in total. The highest BCUT2D eigenvalue weighted by molar-refractivity contribution is 5.89. The number of alkyl halides is 5. The Morgan fingerprint density at radius 3 is 2.03 bits per heavy atom. The highest BCUT2D eigenvalue weighted by atomic mass is 19.4. The van der Waals surface area contributed by atoms with Crippen LogP contribution in [0, 0.1) is 5.92 Å². The summed E-state index contributed by atoms with van der Waals surface area (Å²) < 4.78 is 70.8. The van der Waals surface area contributed by atoms with Crippen LogP contribution in [0.5, 0.6) is 0 Å². The lowest BCUT2D eigenvalue weighted by atomic mass is 9.98. The Labute approximate surface area is 165 Å². The molecule has 170 valence electrons. The predicted octanol–water partition coefficient (Wildman–Crippen LogP) is 3.17. The van der Waals surface area contributed by atoms with Crippen LogP contribution in [-0.4, -0.2) is 55.4 Å². The number of unbranched alkanes of at least 4 members (excludes halogenated alkanes) is 1. The van der Waals surface area contributed by atoms with E-state index in [1.165, 1.54) is 0 Å². The Bertz CT molecular complexity index is 557. The molecule has 0 spiro atoms. The maximum Gasteiger partial charge on any atom is 0.456 e. The zero-order valence-corrected chi connectivity index (χ0v) is 16.7. The van der Waals surface area contributed by atoms with Crippen molar-refractivity contribution >= 4 is 18.0 Å². The molecule has 0 heterocycles. The van der Waals surface area contributed by atoms with Gasteiger partial charge in [0.25, 0.3) is 0 Å². The summed E-state index contributed by atoms with van der Waals surface area (Å²) in [6.07, 6.45) is -4.85. The van der Waals surface area contributed by atoms with Crippen LogP contribution in [-0.2, 0) is 19.1 Å². The first-order chi connectivity index (χ1) is 13.3. The molecule has 12 heteroatoms. The second kappa shape index (κ2) is 11.8. The van der Waals surface area contributed by atoms with Gasteiger partial charge in [0.2, 0.25) is 5.91 Å². The molecule has 0 fully saturated rings. The lowest BCUT2D eigenvalue weighted by Gasteiger charge is -2.25. The zero-order valence-electron chi connectivity index (χ0n) is 16.7. The van der Waals surface area contributed by atoms with Gasteiger partial charge in [-0.25, -0.2) is 9.59 Å². The van der Waals surface area contributed by atoms with Gasteiger partial charge in [-0.2, -0.15) is 22.0 Å². The van der Waals surface area contributed by atoms with Gasteiger partial charge in [0, 0.05) is 0 Å². The lowest BCUT2D eigenvalue weighted by Crippen LogP contribution is -2.54. The number of halogens is 5. The number of alkyl carbamates (subject to hydrolysis) is 1. The van der Waals surface area contributed by atoms with Crippen molar-refractivity contribution in [2.45, 2.75) is 71.1 Å². The largest absolute Gasteiger partial charge is 0.457 e. The van der Waals surface area contributed by atoms with Crippen LogP contribution in [0.15, 0.2) is 0 Å². The predicted molar refractivity (Wildman–Crippen MR) is 92.2 cm³/mol. The summed E-state index contributed by atoms with van der Waals surface area (Å²) in [5, 5.41) is 4.49. The average molecular weight is 434 g/mol. The minimum atomic E-state index is -5.87. The Hall–Kier alpha value is -2.14. The highest BCUT2D eigenvalue weighted by Crippen LogP contribution is 2.35. The fraction of sp³-hybridized carbons (Fsp3) is 0.824. The average Bonchev–Trinajstić information content (AvgIpc) is 2.62. The van der Waals surface area contributed by atoms with Gasteiger partial charge in [0.15, 0.2) is 6.61 Å². The van der Waals surface area contributed by atoms with Crippen LogP contribution in [0.2, 0.25) is 0 Å². The Kier molecular flexibility index (Phi) is 10.9. The van der Waals surface area contributed by atoms with Gasteiger partial charge in [-0.15, -0.1) is 0 Å². The van der Waals surface area contributed by atoms with Crippen LogP contribution < -0.4 is 10.6 Å². The topological polar surface area (TPSA) is 93.7 Å². The normalized spacial score (nSPS) is 15.1. The summed E-state index contributed by atoms with van der Waals surface area (Å²) >= 11 is 0. The van der Waals surface area contributed by atoms with E-state index >= 15 is 0 Å². The summed E-state index contributed by atoms with van der Waals surface area (Å²) in [5.74, 6) is -7.91. The van der Waals surface area contributed by atoms with E-state index in [1.54, 1.807) is 13.8 Å². The first-order valence-electron chi connectivity index (χ1n) is 9.11. The fourth-order valence-electron chi connectivity index (χ4n) is 1.91. The number of nitrogens with one attached hydrogen (secondary N) is 2. The van der Waals surface area contributed by atoms with Gasteiger partial charge in [-0.3, -0.25) is 4.79 Å². The van der Waals surface area contributed by atoms with E-state index in [0.29, 0.717) is 12.8 Å². The minimum absolute atomic E-state index is 0.146. The zero-order chi connectivity index (χ0) is 22.8. The number of rotatable bonds is 11. The van der Waals surface area contributed by atoms with Crippen LogP contribution in [0.25, 0.3) is 0 Å². The number of ether oxygens (including phenoxy) is 2. The van der Waals surface area contributed by atoms with Gasteiger partial charge in [0.1, 0.15) is 12.1 Å². The summed E-state index contributed by atoms with van der Waals surface area (Å²) in [6.45, 7) is 4.27. The third kappa shape index (κ3) is 9.27. The minimum Gasteiger partial charge on any atom is -0.457 e. The Morgan fingerprint density at radius 2 is 1.55 bits per heavy atom. The lowest BCUT2D eigenvalue weighted by molar-refractivity contribution is -0.294. The molecule has 0 saturated carbocycles. The molecule has 0 aromatic carbocycles. The van der Waals surface area contributed by atoms with Crippen molar-refractivity contribution in [2.24, 2.45) is 5.92 Å². The van der Waals surface area contributed by atoms with Gasteiger partial charge in [-0.05, 0) is 19.3 Å². The van der Waals surface area contributed by atoms with Crippen LogP contribution in [0.1, 0.15) is 47.0 Å². The first kappa shape index (κ1) is 26.9. The van der Waals surface area contributed by atoms with E-state index in [1.807, 2.05) is 6.92 Å². The smallest absolute Gasteiger partial charge is 0.456 e. The van der Waals surface area contributed by atoms with Crippen LogP contribution in [0.4, 0.5) is 26.7 Å². The monoisotopic (exact) mass is 434 g/mol. The van der Waals surface area contributed by atoms with Crippen LogP contribution >= 0.6 is 0 Å². The van der Waals surface area contributed by atoms with Gasteiger partial charge >= 0.3 is 24.2 Å². The van der Waals surface area contributed by atoms with E-state index in [-0.39, 0.29) is 12.5 Å². The molecule has 3 atom stereocenters. The first-order valence-corrected chi connectivity index (χ1v) is 9.11. The molecule has 0 aliphatic heterocycles. The third-order valence-corrected chi connectivity index (χ3v) is 4.02. The van der Waals surface area contributed by atoms with Gasteiger partial charge in [0.05, 0.1) is 6.61 Å². The molecule has 0 aromatic heterocycles. The standard InChI is InChI=1S/C17H27F5N2O5/c1-5-7-8-28-15(27)24-12(10(3)6-2)13(25)23-11(4)14(26)29-9-16(18,19)17(20,21)22/h10-12H,5-9H2,1-4H3,(H,23,25)(H,24,27). The van der Waals surface area contributed by atoms with Crippen molar-refractivity contribution in [3.05, 3.63) is 0 Å². The highest BCUT2D eigenvalue weighted by Gasteiger charge is 2.58. The van der Waals surface area contributed by atoms with E-state index in [4.69, 9.17) is 4.74 Å². The second-order valence-electron chi connectivity index (χ2n) is 6.54. The van der Waals surface area contributed by atoms with Crippen molar-refractivity contribution < 1.29 is 45.8 Å². The maximum absolute atomic E-state index is 12.8. The SMILES string of the molecule is CCCCOC(=O)NC(C(=O)NC(C)C(=O)OCC(F)(F)C(F)(F)F)C(C)CC. The fourth-order valence-corrected chi connectivity index (χ4v) is 1.91. The molecule has 29 heavy (non-hydrogen) atoms. The molecule has 7 nitrogen and oxygen atoms in total. The molecule has 2 amide bonds. The molecule has 0 aliphatic carbocycles. The number of hydrogen-bond acceptors (Lipinski definition) is 5. The van der Waals surface area contributed by atoms with Crippen molar-refractivity contribution in [1.29, 1.82) is 0 Å². The molecular formula is C17H27F5N2O5. The number of esters is 1. The molecule has 3 unspecified atom stereocenters. The van der Waals surface area contributed by atoms with Crippen LogP contribution in [0.3, 0.4) is 0 Å². The van der Waals surface area contributed by atoms with Crippen molar-refractivity contribution in [3.8, 4) is 0 Å².